The van der Waals surface area contributed by atoms with E-state index in [9.17, 15) is 0 Å². The summed E-state index contributed by atoms with van der Waals surface area (Å²) in [6.45, 7) is 13.5. The molecule has 23 heavy (non-hydrogen) atoms. The van der Waals surface area contributed by atoms with Crippen LogP contribution in [0.3, 0.4) is 0 Å². The molecule has 1 aromatic carbocycles. The van der Waals surface area contributed by atoms with Crippen LogP contribution in [-0.4, -0.2) is 0 Å². The first-order valence-corrected chi connectivity index (χ1v) is 9.11. The topological polar surface area (TPSA) is 0 Å². The highest BCUT2D eigenvalue weighted by Crippen LogP contribution is 2.46. The van der Waals surface area contributed by atoms with Gasteiger partial charge in [-0.1, -0.05) is 86.4 Å². The quantitative estimate of drug-likeness (QED) is 0.520. The highest BCUT2D eigenvalue weighted by atomic mass is 14.4. The van der Waals surface area contributed by atoms with Crippen LogP contribution < -0.4 is 0 Å². The Morgan fingerprint density at radius 3 is 2.57 bits per heavy atom. The van der Waals surface area contributed by atoms with Crippen LogP contribution in [0.25, 0.3) is 5.57 Å². The Balaban J connectivity index is 1.88. The number of hydrogen-bond acceptors (Lipinski definition) is 0. The van der Waals surface area contributed by atoms with Gasteiger partial charge >= 0.3 is 0 Å². The Hall–Kier alpha value is -1.56. The van der Waals surface area contributed by atoms with Gasteiger partial charge < -0.3 is 0 Å². The van der Waals surface area contributed by atoms with Crippen LogP contribution in [0.2, 0.25) is 0 Å². The van der Waals surface area contributed by atoms with Crippen molar-refractivity contribution in [2.45, 2.75) is 47.0 Å². The summed E-state index contributed by atoms with van der Waals surface area (Å²) in [6, 6.07) is 8.86. The van der Waals surface area contributed by atoms with Crippen molar-refractivity contribution in [1.29, 1.82) is 0 Å². The lowest BCUT2D eigenvalue weighted by molar-refractivity contribution is 0.416. The van der Waals surface area contributed by atoms with Gasteiger partial charge in [-0.3, -0.25) is 0 Å². The molecule has 1 saturated carbocycles. The maximum absolute atomic E-state index is 4.47. The Kier molecular flexibility index (Phi) is 4.62. The van der Waals surface area contributed by atoms with Gasteiger partial charge in [0.1, 0.15) is 0 Å². The maximum atomic E-state index is 4.47. The predicted octanol–water partition coefficient (Wildman–Crippen LogP) is 6.58. The zero-order valence-electron chi connectivity index (χ0n) is 15.1. The van der Waals surface area contributed by atoms with Gasteiger partial charge in [-0.2, -0.15) is 0 Å². The summed E-state index contributed by atoms with van der Waals surface area (Å²) in [5.74, 6) is 2.67. The van der Waals surface area contributed by atoms with Crippen molar-refractivity contribution < 1.29 is 0 Å². The molecule has 0 heteroatoms. The van der Waals surface area contributed by atoms with Crippen LogP contribution >= 0.6 is 0 Å². The first kappa shape index (κ1) is 16.3. The van der Waals surface area contributed by atoms with Gasteiger partial charge in [0.25, 0.3) is 0 Å². The Morgan fingerprint density at radius 1 is 1.22 bits per heavy atom. The van der Waals surface area contributed by atoms with E-state index in [0.717, 1.165) is 5.92 Å². The molecule has 0 aliphatic heterocycles. The lowest BCUT2D eigenvalue weighted by Gasteiger charge is -2.28. The van der Waals surface area contributed by atoms with Crippen molar-refractivity contribution in [3.63, 3.8) is 0 Å². The molecular weight excluding hydrogens is 276 g/mol. The van der Waals surface area contributed by atoms with E-state index in [1.807, 2.05) is 0 Å². The molecule has 2 unspecified atom stereocenters. The minimum atomic E-state index is 0.543. The molecule has 1 aromatic rings. The second-order valence-corrected chi connectivity index (χ2v) is 7.92. The number of aryl methyl sites for hydroxylation is 1. The molecule has 2 aliphatic rings. The van der Waals surface area contributed by atoms with E-state index < -0.39 is 0 Å². The number of hydrogen-bond donors (Lipinski definition) is 0. The van der Waals surface area contributed by atoms with Gasteiger partial charge in [-0.15, -0.1) is 0 Å². The van der Waals surface area contributed by atoms with Crippen molar-refractivity contribution in [3.05, 3.63) is 65.3 Å². The molecule has 1 fully saturated rings. The lowest BCUT2D eigenvalue weighted by Crippen LogP contribution is -2.18. The number of allylic oxidation sites excluding steroid dienone is 5. The van der Waals surface area contributed by atoms with Gasteiger partial charge in [0.15, 0.2) is 0 Å². The monoisotopic (exact) mass is 306 g/mol. The summed E-state index contributed by atoms with van der Waals surface area (Å²) in [5, 5.41) is 0. The van der Waals surface area contributed by atoms with Crippen molar-refractivity contribution in [3.8, 4) is 0 Å². The van der Waals surface area contributed by atoms with Crippen molar-refractivity contribution in [2.24, 2.45) is 23.7 Å². The number of rotatable bonds is 6. The molecule has 0 nitrogen and oxygen atoms in total. The minimum absolute atomic E-state index is 0.543. The zero-order valence-corrected chi connectivity index (χ0v) is 15.1. The standard InChI is InChI=1S/C23H30/c1-15(2)18(5)23(13-19-9-10-19)22-14-21(12-17(22)4)20-8-6-7-16(3)11-20/h6-8,11-12,14-15,19,22-23H,5,9-10,13H2,1-4H3. The van der Waals surface area contributed by atoms with Gasteiger partial charge in [0.05, 0.1) is 0 Å². The third-order valence-electron chi connectivity index (χ3n) is 5.56. The van der Waals surface area contributed by atoms with E-state index in [1.54, 1.807) is 0 Å². The second-order valence-electron chi connectivity index (χ2n) is 7.92. The molecule has 2 atom stereocenters. The smallest absolute Gasteiger partial charge is 0.00521 e. The molecule has 3 rings (SSSR count). The van der Waals surface area contributed by atoms with Crippen LogP contribution in [0, 0.1) is 30.6 Å². The molecule has 0 N–H and O–H groups in total. The van der Waals surface area contributed by atoms with Crippen LogP contribution in [0.5, 0.6) is 0 Å². The molecule has 0 bridgehead atoms. The van der Waals surface area contributed by atoms with E-state index in [0.29, 0.717) is 17.8 Å². The van der Waals surface area contributed by atoms with Crippen molar-refractivity contribution >= 4 is 5.57 Å². The second kappa shape index (κ2) is 6.51. The van der Waals surface area contributed by atoms with Gasteiger partial charge in [0.2, 0.25) is 0 Å². The minimum Gasteiger partial charge on any atom is -0.0993 e. The summed E-state index contributed by atoms with van der Waals surface area (Å²) in [7, 11) is 0. The van der Waals surface area contributed by atoms with Crippen molar-refractivity contribution in [2.75, 3.05) is 0 Å². The fourth-order valence-corrected chi connectivity index (χ4v) is 3.82. The Bertz CT molecular complexity index is 652. The molecule has 0 amide bonds. The maximum Gasteiger partial charge on any atom is 0.00521 e. The number of benzene rings is 1. The SMILES string of the molecule is C=C(C(C)C)C(CC1CC1)C1C=C(c2cccc(C)c2)C=C1C. The largest absolute Gasteiger partial charge is 0.0993 e. The Labute approximate surface area is 142 Å². The molecular formula is C23H30. The van der Waals surface area contributed by atoms with Gasteiger partial charge in [-0.05, 0) is 49.2 Å². The molecule has 0 radical (unpaired) electrons. The fourth-order valence-electron chi connectivity index (χ4n) is 3.82. The summed E-state index contributed by atoms with van der Waals surface area (Å²) >= 11 is 0. The van der Waals surface area contributed by atoms with Crippen LogP contribution in [0.1, 0.15) is 51.2 Å². The molecule has 122 valence electrons. The van der Waals surface area contributed by atoms with Crippen LogP contribution in [0.15, 0.2) is 54.1 Å². The third kappa shape index (κ3) is 3.68. The molecule has 0 heterocycles. The van der Waals surface area contributed by atoms with Crippen LogP contribution in [0.4, 0.5) is 0 Å². The van der Waals surface area contributed by atoms with Crippen molar-refractivity contribution in [1.82, 2.24) is 0 Å². The molecule has 0 saturated heterocycles. The summed E-state index contributed by atoms with van der Waals surface area (Å²) in [5.41, 5.74) is 7.03. The molecule has 2 aliphatic carbocycles. The first-order chi connectivity index (χ1) is 11.0. The fraction of sp³-hybridized carbons (Fsp3) is 0.478. The lowest BCUT2D eigenvalue weighted by atomic mass is 9.76. The highest BCUT2D eigenvalue weighted by molar-refractivity contribution is 5.78. The highest BCUT2D eigenvalue weighted by Gasteiger charge is 2.33. The normalized spacial score (nSPS) is 22.0. The average molecular weight is 306 g/mol. The van der Waals surface area contributed by atoms with E-state index in [2.05, 4.69) is 70.7 Å². The van der Waals surface area contributed by atoms with E-state index in [4.69, 9.17) is 0 Å². The van der Waals surface area contributed by atoms with Gasteiger partial charge in [-0.25, -0.2) is 0 Å². The molecule has 0 aromatic heterocycles. The van der Waals surface area contributed by atoms with E-state index >= 15 is 0 Å². The third-order valence-corrected chi connectivity index (χ3v) is 5.56. The predicted molar refractivity (Wildman–Crippen MR) is 101 cm³/mol. The zero-order chi connectivity index (χ0) is 16.6. The summed E-state index contributed by atoms with van der Waals surface area (Å²) < 4.78 is 0. The summed E-state index contributed by atoms with van der Waals surface area (Å²) in [4.78, 5) is 0. The first-order valence-electron chi connectivity index (χ1n) is 9.11. The average Bonchev–Trinajstić information content (AvgIpc) is 3.25. The van der Waals surface area contributed by atoms with E-state index in [-0.39, 0.29) is 0 Å². The Morgan fingerprint density at radius 2 is 1.96 bits per heavy atom. The van der Waals surface area contributed by atoms with Crippen LogP contribution in [-0.2, 0) is 0 Å². The molecule has 0 spiro atoms. The van der Waals surface area contributed by atoms with E-state index in [1.165, 1.54) is 47.1 Å². The summed E-state index contributed by atoms with van der Waals surface area (Å²) in [6.07, 6.45) is 9.07. The van der Waals surface area contributed by atoms with Gasteiger partial charge in [0, 0.05) is 5.92 Å².